The van der Waals surface area contributed by atoms with Gasteiger partial charge in [0.15, 0.2) is 0 Å². The molecule has 0 spiro atoms. The van der Waals surface area contributed by atoms with Gasteiger partial charge in [0, 0.05) is 30.5 Å². The highest BCUT2D eigenvalue weighted by molar-refractivity contribution is 5.94. The van der Waals surface area contributed by atoms with Crippen LogP contribution in [-0.2, 0) is 0 Å². The molecule has 1 saturated heterocycles. The zero-order chi connectivity index (χ0) is 10.7. The number of hydrogen-bond donors (Lipinski definition) is 0. The third-order valence-electron chi connectivity index (χ3n) is 2.99. The summed E-state index contributed by atoms with van der Waals surface area (Å²) in [7, 11) is 0. The van der Waals surface area contributed by atoms with Gasteiger partial charge in [-0.05, 0) is 38.3 Å². The van der Waals surface area contributed by atoms with Gasteiger partial charge < -0.3 is 4.90 Å². The third-order valence-corrected chi connectivity index (χ3v) is 2.99. The minimum atomic E-state index is 0.143. The molecule has 0 aromatic carbocycles. The quantitative estimate of drug-likeness (QED) is 0.701. The van der Waals surface area contributed by atoms with Gasteiger partial charge in [0.2, 0.25) is 0 Å². The van der Waals surface area contributed by atoms with E-state index in [1.54, 1.807) is 24.5 Å². The minimum absolute atomic E-state index is 0.143. The van der Waals surface area contributed by atoms with Crippen molar-refractivity contribution in [3.05, 3.63) is 30.1 Å². The fourth-order valence-corrected chi connectivity index (χ4v) is 2.06. The predicted octanol–water partition coefficient (Wildman–Crippen LogP) is 2.10. The van der Waals surface area contributed by atoms with Gasteiger partial charge in [0.1, 0.15) is 0 Å². The van der Waals surface area contributed by atoms with Crippen molar-refractivity contribution in [1.82, 2.24) is 9.88 Å². The van der Waals surface area contributed by atoms with Gasteiger partial charge in [0.05, 0.1) is 0 Å². The van der Waals surface area contributed by atoms with Crippen LogP contribution in [0.15, 0.2) is 24.5 Å². The first-order valence-corrected chi connectivity index (χ1v) is 5.50. The van der Waals surface area contributed by atoms with Crippen molar-refractivity contribution < 1.29 is 4.79 Å². The van der Waals surface area contributed by atoms with E-state index in [2.05, 4.69) is 11.9 Å². The number of rotatable bonds is 1. The Morgan fingerprint density at radius 1 is 1.40 bits per heavy atom. The maximum absolute atomic E-state index is 12.1. The van der Waals surface area contributed by atoms with Crippen molar-refractivity contribution in [2.75, 3.05) is 6.54 Å². The Labute approximate surface area is 90.1 Å². The van der Waals surface area contributed by atoms with Crippen LogP contribution in [0.25, 0.3) is 0 Å². The minimum Gasteiger partial charge on any atom is -0.336 e. The molecule has 1 aliphatic heterocycles. The lowest BCUT2D eigenvalue weighted by Crippen LogP contribution is -2.41. The summed E-state index contributed by atoms with van der Waals surface area (Å²) >= 11 is 0. The molecule has 2 rings (SSSR count). The molecule has 2 heterocycles. The van der Waals surface area contributed by atoms with Gasteiger partial charge >= 0.3 is 0 Å². The smallest absolute Gasteiger partial charge is 0.254 e. The lowest BCUT2D eigenvalue weighted by atomic mass is 10.0. The van der Waals surface area contributed by atoms with Crippen molar-refractivity contribution in [3.63, 3.8) is 0 Å². The topological polar surface area (TPSA) is 33.2 Å². The standard InChI is InChI=1S/C12H16N2O/c1-10-4-2-3-9-14(10)12(15)11-5-7-13-8-6-11/h5-8,10H,2-4,9H2,1H3/t10-/m1/s1. The molecule has 1 aromatic heterocycles. The van der Waals surface area contributed by atoms with Gasteiger partial charge in [-0.25, -0.2) is 0 Å². The molecule has 15 heavy (non-hydrogen) atoms. The van der Waals surface area contributed by atoms with E-state index in [-0.39, 0.29) is 5.91 Å². The second kappa shape index (κ2) is 4.43. The maximum Gasteiger partial charge on any atom is 0.254 e. The molecule has 1 aliphatic rings. The third kappa shape index (κ3) is 2.17. The van der Waals surface area contributed by atoms with Crippen LogP contribution in [-0.4, -0.2) is 28.4 Å². The molecule has 80 valence electrons. The summed E-state index contributed by atoms with van der Waals surface area (Å²) in [6.45, 7) is 3.01. The molecular formula is C12H16N2O. The molecule has 0 N–H and O–H groups in total. The second-order valence-electron chi connectivity index (χ2n) is 4.08. The Balaban J connectivity index is 2.13. The van der Waals surface area contributed by atoms with Gasteiger partial charge in [0.25, 0.3) is 5.91 Å². The Bertz CT molecular complexity index is 337. The molecule has 0 bridgehead atoms. The zero-order valence-corrected chi connectivity index (χ0v) is 9.02. The molecule has 3 nitrogen and oxygen atoms in total. The number of likely N-dealkylation sites (tertiary alicyclic amines) is 1. The average Bonchev–Trinajstić information content (AvgIpc) is 2.30. The lowest BCUT2D eigenvalue weighted by molar-refractivity contribution is 0.0635. The first-order valence-electron chi connectivity index (χ1n) is 5.50. The number of aromatic nitrogens is 1. The number of piperidine rings is 1. The van der Waals surface area contributed by atoms with Crippen LogP contribution in [0, 0.1) is 0 Å². The van der Waals surface area contributed by atoms with Crippen molar-refractivity contribution >= 4 is 5.91 Å². The summed E-state index contributed by atoms with van der Waals surface area (Å²) in [6, 6.07) is 3.94. The number of hydrogen-bond acceptors (Lipinski definition) is 2. The highest BCUT2D eigenvalue weighted by Gasteiger charge is 2.23. The van der Waals surface area contributed by atoms with Crippen LogP contribution < -0.4 is 0 Å². The summed E-state index contributed by atoms with van der Waals surface area (Å²) < 4.78 is 0. The van der Waals surface area contributed by atoms with Crippen LogP contribution in [0.2, 0.25) is 0 Å². The summed E-state index contributed by atoms with van der Waals surface area (Å²) in [5, 5.41) is 0. The fourth-order valence-electron chi connectivity index (χ4n) is 2.06. The van der Waals surface area contributed by atoms with Crippen LogP contribution in [0.1, 0.15) is 36.5 Å². The van der Waals surface area contributed by atoms with Crippen LogP contribution in [0.5, 0.6) is 0 Å². The first kappa shape index (κ1) is 10.1. The molecule has 1 atom stereocenters. The Morgan fingerprint density at radius 3 is 2.80 bits per heavy atom. The molecule has 0 aliphatic carbocycles. The van der Waals surface area contributed by atoms with Crippen LogP contribution in [0.3, 0.4) is 0 Å². The van der Waals surface area contributed by atoms with Gasteiger partial charge in [-0.15, -0.1) is 0 Å². The monoisotopic (exact) mass is 204 g/mol. The normalized spacial score (nSPS) is 21.4. The Morgan fingerprint density at radius 2 is 2.13 bits per heavy atom. The largest absolute Gasteiger partial charge is 0.336 e. The van der Waals surface area contributed by atoms with Gasteiger partial charge in [-0.2, -0.15) is 0 Å². The van der Waals surface area contributed by atoms with E-state index >= 15 is 0 Å². The Hall–Kier alpha value is -1.38. The molecule has 1 fully saturated rings. The molecule has 0 radical (unpaired) electrons. The highest BCUT2D eigenvalue weighted by Crippen LogP contribution is 2.18. The molecule has 0 saturated carbocycles. The highest BCUT2D eigenvalue weighted by atomic mass is 16.2. The summed E-state index contributed by atoms with van der Waals surface area (Å²) in [5.41, 5.74) is 0.749. The van der Waals surface area contributed by atoms with E-state index in [1.165, 1.54) is 6.42 Å². The number of pyridine rings is 1. The van der Waals surface area contributed by atoms with Crippen LogP contribution in [0.4, 0.5) is 0 Å². The number of nitrogens with zero attached hydrogens (tertiary/aromatic N) is 2. The lowest BCUT2D eigenvalue weighted by Gasteiger charge is -2.33. The van der Waals surface area contributed by atoms with E-state index in [9.17, 15) is 4.79 Å². The van der Waals surface area contributed by atoms with Gasteiger partial charge in [-0.3, -0.25) is 9.78 Å². The average molecular weight is 204 g/mol. The van der Waals surface area contributed by atoms with Gasteiger partial charge in [-0.1, -0.05) is 0 Å². The zero-order valence-electron chi connectivity index (χ0n) is 9.02. The van der Waals surface area contributed by atoms with E-state index < -0.39 is 0 Å². The van der Waals surface area contributed by atoms with Crippen LogP contribution >= 0.6 is 0 Å². The molecule has 0 unspecified atom stereocenters. The van der Waals surface area contributed by atoms with Crippen molar-refractivity contribution in [1.29, 1.82) is 0 Å². The van der Waals surface area contributed by atoms with E-state index in [0.29, 0.717) is 6.04 Å². The van der Waals surface area contributed by atoms with Crippen molar-refractivity contribution in [2.45, 2.75) is 32.2 Å². The number of carbonyl (C=O) groups is 1. The van der Waals surface area contributed by atoms with Crippen molar-refractivity contribution in [2.24, 2.45) is 0 Å². The maximum atomic E-state index is 12.1. The SMILES string of the molecule is C[C@@H]1CCCCN1C(=O)c1ccncc1. The predicted molar refractivity (Wildman–Crippen MR) is 58.6 cm³/mol. The summed E-state index contributed by atoms with van der Waals surface area (Å²) in [5.74, 6) is 0.143. The second-order valence-corrected chi connectivity index (χ2v) is 4.08. The van der Waals surface area contributed by atoms with E-state index in [4.69, 9.17) is 0 Å². The number of carbonyl (C=O) groups excluding carboxylic acids is 1. The fraction of sp³-hybridized carbons (Fsp3) is 0.500. The first-order chi connectivity index (χ1) is 7.29. The molecular weight excluding hydrogens is 188 g/mol. The number of amides is 1. The summed E-state index contributed by atoms with van der Waals surface area (Å²) in [6.07, 6.45) is 6.82. The Kier molecular flexibility index (Phi) is 2.99. The summed E-state index contributed by atoms with van der Waals surface area (Å²) in [4.78, 5) is 18.0. The van der Waals surface area contributed by atoms with Crippen molar-refractivity contribution in [3.8, 4) is 0 Å². The van der Waals surface area contributed by atoms with E-state index in [1.807, 2.05) is 4.90 Å². The molecule has 1 amide bonds. The van der Waals surface area contributed by atoms with E-state index in [0.717, 1.165) is 24.9 Å². The molecule has 3 heteroatoms. The molecule has 1 aromatic rings.